The molecule has 0 radical (unpaired) electrons. The highest BCUT2D eigenvalue weighted by atomic mass is 32.1. The number of aryl methyl sites for hydroxylation is 2. The number of morpholine rings is 1. The first-order valence-corrected chi connectivity index (χ1v) is 11.1. The molecule has 1 atom stereocenters. The van der Waals surface area contributed by atoms with Crippen molar-refractivity contribution in [2.45, 2.75) is 32.7 Å². The van der Waals surface area contributed by atoms with E-state index < -0.39 is 0 Å². The summed E-state index contributed by atoms with van der Waals surface area (Å²) < 4.78 is 10.7. The zero-order valence-electron chi connectivity index (χ0n) is 17.9. The fourth-order valence-corrected chi connectivity index (χ4v) is 4.68. The smallest absolute Gasteiger partial charge is 0.220 e. The number of hydrogen-bond donors (Lipinski definition) is 1. The Bertz CT molecular complexity index is 857. The lowest BCUT2D eigenvalue weighted by Gasteiger charge is -2.35. The number of ketones is 1. The normalized spacial score (nSPS) is 15.6. The lowest BCUT2D eigenvalue weighted by atomic mass is 10.0. The molecule has 1 fully saturated rings. The van der Waals surface area contributed by atoms with Crippen LogP contribution < -0.4 is 10.1 Å². The predicted molar refractivity (Wildman–Crippen MR) is 118 cm³/mol. The third-order valence-corrected chi connectivity index (χ3v) is 6.37. The van der Waals surface area contributed by atoms with Crippen LogP contribution in [0.1, 0.15) is 44.6 Å². The number of Topliss-reactive ketones (excluding diaryl/α,β-unsaturated/α-hetero) is 1. The van der Waals surface area contributed by atoms with E-state index in [0.29, 0.717) is 19.8 Å². The Balaban J connectivity index is 1.57. The second kappa shape index (κ2) is 10.7. The van der Waals surface area contributed by atoms with Gasteiger partial charge in [-0.15, -0.1) is 11.3 Å². The lowest BCUT2D eigenvalue weighted by molar-refractivity contribution is -0.121. The molecular formula is C23H30N2O4S. The van der Waals surface area contributed by atoms with E-state index in [4.69, 9.17) is 9.47 Å². The van der Waals surface area contributed by atoms with Crippen molar-refractivity contribution in [1.82, 2.24) is 10.2 Å². The number of thiophene rings is 1. The van der Waals surface area contributed by atoms with Gasteiger partial charge in [0.05, 0.1) is 26.4 Å². The molecule has 6 nitrogen and oxygen atoms in total. The number of amides is 1. The molecule has 1 aromatic heterocycles. The second-order valence-electron chi connectivity index (χ2n) is 7.49. The van der Waals surface area contributed by atoms with E-state index in [1.54, 1.807) is 18.4 Å². The molecule has 1 aromatic carbocycles. The summed E-state index contributed by atoms with van der Waals surface area (Å²) in [7, 11) is 1.65. The Morgan fingerprint density at radius 2 is 1.87 bits per heavy atom. The average Bonchev–Trinajstić information content (AvgIpc) is 3.11. The van der Waals surface area contributed by atoms with Crippen LogP contribution in [0.4, 0.5) is 0 Å². The van der Waals surface area contributed by atoms with Crippen LogP contribution in [0.5, 0.6) is 5.75 Å². The van der Waals surface area contributed by atoms with E-state index in [1.165, 1.54) is 0 Å². The van der Waals surface area contributed by atoms with Crippen LogP contribution >= 0.6 is 11.3 Å². The maximum atomic E-state index is 12.5. The highest BCUT2D eigenvalue weighted by Gasteiger charge is 2.23. The number of benzene rings is 1. The second-order valence-corrected chi connectivity index (χ2v) is 8.95. The number of hydrogen-bond acceptors (Lipinski definition) is 6. The van der Waals surface area contributed by atoms with Crippen molar-refractivity contribution in [3.05, 3.63) is 51.2 Å². The van der Waals surface area contributed by atoms with Gasteiger partial charge >= 0.3 is 0 Å². The number of carbonyl (C=O) groups is 2. The molecular weight excluding hydrogens is 400 g/mol. The standard InChI is InChI=1S/C23H30N2O4S/c1-16-14-20(17(2)30-16)22(26)8-9-23(27)24-15-21(25-10-12-29-13-11-25)18-4-6-19(28-3)7-5-18/h4-7,14,21H,8-13,15H2,1-3H3,(H,24,27). The van der Waals surface area contributed by atoms with Crippen molar-refractivity contribution >= 4 is 23.0 Å². The number of nitrogens with zero attached hydrogens (tertiary/aromatic N) is 1. The molecule has 7 heteroatoms. The van der Waals surface area contributed by atoms with Gasteiger partial charge in [-0.25, -0.2) is 0 Å². The van der Waals surface area contributed by atoms with Crippen LogP contribution in [-0.2, 0) is 9.53 Å². The minimum atomic E-state index is -0.0975. The van der Waals surface area contributed by atoms with Crippen molar-refractivity contribution in [2.24, 2.45) is 0 Å². The van der Waals surface area contributed by atoms with Crippen molar-refractivity contribution in [2.75, 3.05) is 40.0 Å². The summed E-state index contributed by atoms with van der Waals surface area (Å²) in [5, 5.41) is 3.03. The third-order valence-electron chi connectivity index (χ3n) is 5.40. The molecule has 30 heavy (non-hydrogen) atoms. The van der Waals surface area contributed by atoms with Crippen molar-refractivity contribution < 1.29 is 19.1 Å². The van der Waals surface area contributed by atoms with Gasteiger partial charge in [0.25, 0.3) is 0 Å². The van der Waals surface area contributed by atoms with Gasteiger partial charge in [0.15, 0.2) is 5.78 Å². The van der Waals surface area contributed by atoms with Gasteiger partial charge in [0.2, 0.25) is 5.91 Å². The summed E-state index contributed by atoms with van der Waals surface area (Å²) in [6.45, 7) is 7.46. The summed E-state index contributed by atoms with van der Waals surface area (Å²) in [6, 6.07) is 9.93. The summed E-state index contributed by atoms with van der Waals surface area (Å²) in [4.78, 5) is 29.4. The first-order valence-electron chi connectivity index (χ1n) is 10.3. The molecule has 1 unspecified atom stereocenters. The molecule has 1 saturated heterocycles. The van der Waals surface area contributed by atoms with E-state index in [1.807, 2.05) is 44.2 Å². The van der Waals surface area contributed by atoms with E-state index in [2.05, 4.69) is 10.2 Å². The van der Waals surface area contributed by atoms with Crippen LogP contribution in [0.2, 0.25) is 0 Å². The Kier molecular flexibility index (Phi) is 8.01. The average molecular weight is 431 g/mol. The van der Waals surface area contributed by atoms with Crippen molar-refractivity contribution in [3.8, 4) is 5.75 Å². The molecule has 0 saturated carbocycles. The quantitative estimate of drug-likeness (QED) is 0.617. The highest BCUT2D eigenvalue weighted by molar-refractivity contribution is 7.12. The molecule has 162 valence electrons. The van der Waals surface area contributed by atoms with Gasteiger partial charge in [-0.05, 0) is 37.6 Å². The number of nitrogens with one attached hydrogen (secondary N) is 1. The molecule has 2 aromatic rings. The summed E-state index contributed by atoms with van der Waals surface area (Å²) >= 11 is 1.62. The Hall–Kier alpha value is -2.22. The zero-order valence-corrected chi connectivity index (χ0v) is 18.7. The zero-order chi connectivity index (χ0) is 21.5. The maximum Gasteiger partial charge on any atom is 0.220 e. The molecule has 0 spiro atoms. The molecule has 1 N–H and O–H groups in total. The van der Waals surface area contributed by atoms with Crippen molar-refractivity contribution in [3.63, 3.8) is 0 Å². The SMILES string of the molecule is COc1ccc(C(CNC(=O)CCC(=O)c2cc(C)sc2C)N2CCOCC2)cc1. The number of carbonyl (C=O) groups excluding carboxylic acids is 2. The lowest BCUT2D eigenvalue weighted by Crippen LogP contribution is -2.43. The van der Waals surface area contributed by atoms with Crippen LogP contribution in [0.25, 0.3) is 0 Å². The van der Waals surface area contributed by atoms with Gasteiger partial charge in [-0.3, -0.25) is 14.5 Å². The molecule has 0 aliphatic carbocycles. The Labute approximate surface area is 182 Å². The number of ether oxygens (including phenoxy) is 2. The third kappa shape index (κ3) is 5.90. The molecule has 1 aliphatic heterocycles. The fraction of sp³-hybridized carbons (Fsp3) is 0.478. The van der Waals surface area contributed by atoms with Gasteiger partial charge in [-0.2, -0.15) is 0 Å². The molecule has 1 aliphatic rings. The van der Waals surface area contributed by atoms with Gasteiger partial charge < -0.3 is 14.8 Å². The largest absolute Gasteiger partial charge is 0.497 e. The summed E-state index contributed by atoms with van der Waals surface area (Å²) in [6.07, 6.45) is 0.430. The monoisotopic (exact) mass is 430 g/mol. The molecule has 0 bridgehead atoms. The summed E-state index contributed by atoms with van der Waals surface area (Å²) in [5.74, 6) is 0.743. The Morgan fingerprint density at radius 3 is 2.47 bits per heavy atom. The number of rotatable bonds is 9. The first kappa shape index (κ1) is 22.5. The minimum absolute atomic E-state index is 0.0342. The van der Waals surface area contributed by atoms with Gasteiger partial charge in [-0.1, -0.05) is 12.1 Å². The maximum absolute atomic E-state index is 12.5. The minimum Gasteiger partial charge on any atom is -0.497 e. The van der Waals surface area contributed by atoms with Crippen molar-refractivity contribution in [1.29, 1.82) is 0 Å². The van der Waals surface area contributed by atoms with Gasteiger partial charge in [0.1, 0.15) is 5.75 Å². The summed E-state index contributed by atoms with van der Waals surface area (Å²) in [5.41, 5.74) is 1.87. The Morgan fingerprint density at radius 1 is 1.17 bits per heavy atom. The highest BCUT2D eigenvalue weighted by Crippen LogP contribution is 2.24. The van der Waals surface area contributed by atoms with Crippen LogP contribution in [0.3, 0.4) is 0 Å². The van der Waals surface area contributed by atoms with E-state index in [-0.39, 0.29) is 30.6 Å². The van der Waals surface area contributed by atoms with Crippen LogP contribution in [0.15, 0.2) is 30.3 Å². The molecule has 1 amide bonds. The molecule has 2 heterocycles. The van der Waals surface area contributed by atoms with E-state index in [9.17, 15) is 9.59 Å². The van der Waals surface area contributed by atoms with Crippen LogP contribution in [-0.4, -0.2) is 56.5 Å². The van der Waals surface area contributed by atoms with E-state index in [0.717, 1.165) is 39.7 Å². The fourth-order valence-electron chi connectivity index (χ4n) is 3.74. The predicted octanol–water partition coefficient (Wildman–Crippen LogP) is 3.53. The van der Waals surface area contributed by atoms with E-state index >= 15 is 0 Å². The van der Waals surface area contributed by atoms with Gasteiger partial charge in [0, 0.05) is 47.8 Å². The topological polar surface area (TPSA) is 67.9 Å². The molecule has 3 rings (SSSR count). The number of methoxy groups -OCH3 is 1. The first-order chi connectivity index (χ1) is 14.5. The van der Waals surface area contributed by atoms with Crippen LogP contribution in [0, 0.1) is 13.8 Å².